The fourth-order valence-electron chi connectivity index (χ4n) is 2.03. The van der Waals surface area contributed by atoms with E-state index in [-0.39, 0.29) is 12.1 Å². The Hall–Kier alpha value is -0.690. The predicted molar refractivity (Wildman–Crippen MR) is 58.5 cm³/mol. The Balaban J connectivity index is 2.86. The highest BCUT2D eigenvalue weighted by Gasteiger charge is 2.47. The molecule has 1 aliphatic rings. The van der Waals surface area contributed by atoms with E-state index in [2.05, 4.69) is 0 Å². The minimum atomic E-state index is -0.535. The maximum Gasteiger partial charge on any atom is 0.303 e. The Labute approximate surface area is 101 Å². The van der Waals surface area contributed by atoms with Gasteiger partial charge in [-0.1, -0.05) is 0 Å². The third-order valence-corrected chi connectivity index (χ3v) is 2.81. The third-order valence-electron chi connectivity index (χ3n) is 2.81. The van der Waals surface area contributed by atoms with Crippen LogP contribution in [0.25, 0.3) is 0 Å². The maximum absolute atomic E-state index is 11.1. The highest BCUT2D eigenvalue weighted by molar-refractivity contribution is 5.66. The van der Waals surface area contributed by atoms with Crippen molar-refractivity contribution >= 4 is 5.97 Å². The Morgan fingerprint density at radius 1 is 1.00 bits per heavy atom. The number of ether oxygens (including phenoxy) is 5. The highest BCUT2D eigenvalue weighted by Crippen LogP contribution is 2.27. The van der Waals surface area contributed by atoms with E-state index in [0.717, 1.165) is 0 Å². The maximum atomic E-state index is 11.1. The second kappa shape index (κ2) is 6.30. The van der Waals surface area contributed by atoms with E-state index >= 15 is 0 Å². The molecule has 6 heteroatoms. The molecule has 0 aliphatic carbocycles. The van der Waals surface area contributed by atoms with Crippen LogP contribution in [0, 0.1) is 0 Å². The molecule has 0 saturated carbocycles. The molecule has 0 radical (unpaired) electrons. The molecule has 17 heavy (non-hydrogen) atoms. The molecule has 100 valence electrons. The van der Waals surface area contributed by atoms with Crippen molar-refractivity contribution in [2.45, 2.75) is 44.6 Å². The molecular weight excluding hydrogens is 228 g/mol. The summed E-state index contributed by atoms with van der Waals surface area (Å²) < 4.78 is 26.6. The van der Waals surface area contributed by atoms with Crippen LogP contribution in [0.5, 0.6) is 0 Å². The van der Waals surface area contributed by atoms with Crippen molar-refractivity contribution in [1.82, 2.24) is 0 Å². The summed E-state index contributed by atoms with van der Waals surface area (Å²) >= 11 is 0. The number of esters is 1. The molecule has 0 N–H and O–H groups in total. The summed E-state index contributed by atoms with van der Waals surface area (Å²) in [4.78, 5) is 11.1. The predicted octanol–water partition coefficient (Wildman–Crippen LogP) is 0.339. The zero-order chi connectivity index (χ0) is 13.0. The van der Waals surface area contributed by atoms with Gasteiger partial charge in [-0.05, 0) is 6.92 Å². The van der Waals surface area contributed by atoms with Crippen LogP contribution in [-0.4, -0.2) is 58.0 Å². The normalized spacial score (nSPS) is 37.8. The molecule has 0 bridgehead atoms. The van der Waals surface area contributed by atoms with E-state index in [1.54, 1.807) is 6.92 Å². The van der Waals surface area contributed by atoms with E-state index in [0.29, 0.717) is 0 Å². The van der Waals surface area contributed by atoms with Gasteiger partial charge in [-0.3, -0.25) is 4.79 Å². The van der Waals surface area contributed by atoms with Gasteiger partial charge in [0.15, 0.2) is 12.4 Å². The van der Waals surface area contributed by atoms with Crippen molar-refractivity contribution in [1.29, 1.82) is 0 Å². The third kappa shape index (κ3) is 3.16. The molecule has 1 saturated heterocycles. The van der Waals surface area contributed by atoms with Crippen molar-refractivity contribution in [3.63, 3.8) is 0 Å². The van der Waals surface area contributed by atoms with Crippen molar-refractivity contribution in [3.05, 3.63) is 0 Å². The largest absolute Gasteiger partial charge is 0.457 e. The van der Waals surface area contributed by atoms with Crippen LogP contribution in [0.4, 0.5) is 0 Å². The zero-order valence-corrected chi connectivity index (χ0v) is 10.8. The van der Waals surface area contributed by atoms with Gasteiger partial charge in [-0.25, -0.2) is 0 Å². The number of methoxy groups -OCH3 is 3. The molecule has 0 aromatic rings. The highest BCUT2D eigenvalue weighted by atomic mass is 16.7. The van der Waals surface area contributed by atoms with Gasteiger partial charge in [0.2, 0.25) is 0 Å². The van der Waals surface area contributed by atoms with Gasteiger partial charge in [-0.2, -0.15) is 0 Å². The van der Waals surface area contributed by atoms with Crippen LogP contribution in [0.1, 0.15) is 13.8 Å². The second-order valence-electron chi connectivity index (χ2n) is 3.92. The Kier molecular flexibility index (Phi) is 5.32. The first-order chi connectivity index (χ1) is 8.04. The molecule has 0 unspecified atom stereocenters. The number of hydrogen-bond acceptors (Lipinski definition) is 6. The number of rotatable bonds is 4. The van der Waals surface area contributed by atoms with Gasteiger partial charge in [0.25, 0.3) is 0 Å². The lowest BCUT2D eigenvalue weighted by molar-refractivity contribution is -0.297. The van der Waals surface area contributed by atoms with Crippen LogP contribution in [0.2, 0.25) is 0 Å². The van der Waals surface area contributed by atoms with E-state index in [1.807, 2.05) is 0 Å². The molecule has 1 heterocycles. The summed E-state index contributed by atoms with van der Waals surface area (Å²) in [5.74, 6) is -0.377. The molecule has 1 rings (SSSR count). The minimum Gasteiger partial charge on any atom is -0.457 e. The smallest absolute Gasteiger partial charge is 0.303 e. The monoisotopic (exact) mass is 248 g/mol. The first kappa shape index (κ1) is 14.4. The summed E-state index contributed by atoms with van der Waals surface area (Å²) in [6, 6.07) is 0. The zero-order valence-electron chi connectivity index (χ0n) is 10.8. The number of carbonyl (C=O) groups excluding carboxylic acids is 1. The van der Waals surface area contributed by atoms with Crippen molar-refractivity contribution in [2.75, 3.05) is 21.3 Å². The van der Waals surface area contributed by atoms with Gasteiger partial charge in [-0.15, -0.1) is 0 Å². The standard InChI is InChI=1S/C11H20O6/c1-6-8(17-7(2)12)9(13-3)10(14-4)11(15-5)16-6/h6,8-11H,1-5H3/t6-,8-,9+,10+,11+/m1/s1. The van der Waals surface area contributed by atoms with Gasteiger partial charge in [0.05, 0.1) is 6.10 Å². The van der Waals surface area contributed by atoms with Crippen LogP contribution in [-0.2, 0) is 28.5 Å². The van der Waals surface area contributed by atoms with Crippen LogP contribution < -0.4 is 0 Å². The quantitative estimate of drug-likeness (QED) is 0.668. The van der Waals surface area contributed by atoms with Crippen molar-refractivity contribution in [3.8, 4) is 0 Å². The molecule has 0 aromatic heterocycles. The van der Waals surface area contributed by atoms with Crippen LogP contribution in [0.3, 0.4) is 0 Å². The molecule has 6 nitrogen and oxygen atoms in total. The minimum absolute atomic E-state index is 0.319. The van der Waals surface area contributed by atoms with Gasteiger partial charge in [0, 0.05) is 28.3 Å². The Bertz CT molecular complexity index is 256. The molecule has 1 aliphatic heterocycles. The van der Waals surface area contributed by atoms with Gasteiger partial charge < -0.3 is 23.7 Å². The fraction of sp³-hybridized carbons (Fsp3) is 0.909. The first-order valence-electron chi connectivity index (χ1n) is 5.46. The van der Waals surface area contributed by atoms with E-state index < -0.39 is 24.6 Å². The Morgan fingerprint density at radius 3 is 2.00 bits per heavy atom. The van der Waals surface area contributed by atoms with E-state index in [9.17, 15) is 4.79 Å². The molecule has 0 spiro atoms. The lowest BCUT2D eigenvalue weighted by Crippen LogP contribution is -2.59. The SMILES string of the molecule is CO[C@H]1O[C@H](C)[C@@H](OC(C)=O)[C@H](OC)[C@@H]1OC. The number of hydrogen-bond donors (Lipinski definition) is 0. The Morgan fingerprint density at radius 2 is 1.59 bits per heavy atom. The van der Waals surface area contributed by atoms with Crippen LogP contribution in [0.15, 0.2) is 0 Å². The van der Waals surface area contributed by atoms with Crippen molar-refractivity contribution in [2.24, 2.45) is 0 Å². The van der Waals surface area contributed by atoms with Crippen LogP contribution >= 0.6 is 0 Å². The van der Waals surface area contributed by atoms with Gasteiger partial charge >= 0.3 is 5.97 Å². The molecule has 0 amide bonds. The summed E-state index contributed by atoms with van der Waals surface area (Å²) in [5.41, 5.74) is 0. The molecular formula is C11H20O6. The average Bonchev–Trinajstić information content (AvgIpc) is 2.30. The van der Waals surface area contributed by atoms with E-state index in [4.69, 9.17) is 23.7 Å². The average molecular weight is 248 g/mol. The second-order valence-corrected chi connectivity index (χ2v) is 3.92. The summed E-state index contributed by atoms with van der Waals surface area (Å²) in [6.45, 7) is 3.15. The van der Waals surface area contributed by atoms with E-state index in [1.165, 1.54) is 28.3 Å². The summed E-state index contributed by atoms with van der Waals surface area (Å²) in [7, 11) is 4.60. The van der Waals surface area contributed by atoms with Crippen molar-refractivity contribution < 1.29 is 28.5 Å². The number of carbonyl (C=O) groups is 1. The first-order valence-corrected chi connectivity index (χ1v) is 5.46. The molecule has 0 aromatic carbocycles. The molecule has 5 atom stereocenters. The fourth-order valence-corrected chi connectivity index (χ4v) is 2.03. The van der Waals surface area contributed by atoms with Gasteiger partial charge in [0.1, 0.15) is 12.2 Å². The topological polar surface area (TPSA) is 63.2 Å². The lowest BCUT2D eigenvalue weighted by Gasteiger charge is -2.43. The molecule has 1 fully saturated rings. The summed E-state index contributed by atoms with van der Waals surface area (Å²) in [6.07, 6.45) is -2.22. The summed E-state index contributed by atoms with van der Waals surface area (Å²) in [5, 5.41) is 0. The lowest BCUT2D eigenvalue weighted by atomic mass is 9.99.